The summed E-state index contributed by atoms with van der Waals surface area (Å²) in [5.74, 6) is -0.275. The molecule has 6 heteroatoms. The third kappa shape index (κ3) is 6.37. The number of carbonyl (C=O) groups is 2. The van der Waals surface area contributed by atoms with Crippen LogP contribution in [0.15, 0.2) is 24.3 Å². The minimum atomic E-state index is -0.491. The Bertz CT molecular complexity index is 471. The van der Waals surface area contributed by atoms with E-state index >= 15 is 0 Å². The molecule has 6 nitrogen and oxygen atoms in total. The molecule has 1 unspecified atom stereocenters. The van der Waals surface area contributed by atoms with Crippen LogP contribution in [-0.2, 0) is 9.59 Å². The van der Waals surface area contributed by atoms with Gasteiger partial charge in [-0.2, -0.15) is 0 Å². The lowest BCUT2D eigenvalue weighted by atomic mass is 10.1. The first-order valence-corrected chi connectivity index (χ1v) is 7.03. The molecule has 4 N–H and O–H groups in total. The van der Waals surface area contributed by atoms with E-state index in [9.17, 15) is 9.59 Å². The smallest absolute Gasteiger partial charge is 0.241 e. The largest absolute Gasteiger partial charge is 0.325 e. The highest BCUT2D eigenvalue weighted by atomic mass is 16.2. The summed E-state index contributed by atoms with van der Waals surface area (Å²) in [6, 6.07) is 6.47. The molecule has 0 aliphatic heterocycles. The number of nitrogens with one attached hydrogen (secondary N) is 2. The molecule has 1 atom stereocenters. The molecule has 0 saturated carbocycles. The zero-order chi connectivity index (χ0) is 15.8. The summed E-state index contributed by atoms with van der Waals surface area (Å²) < 4.78 is 0. The van der Waals surface area contributed by atoms with Gasteiger partial charge < -0.3 is 21.3 Å². The number of nitrogens with zero attached hydrogens (tertiary/aromatic N) is 1. The topological polar surface area (TPSA) is 87.5 Å². The minimum Gasteiger partial charge on any atom is -0.325 e. The van der Waals surface area contributed by atoms with E-state index in [1.165, 1.54) is 0 Å². The van der Waals surface area contributed by atoms with Crippen molar-refractivity contribution in [2.45, 2.75) is 25.8 Å². The van der Waals surface area contributed by atoms with Crippen molar-refractivity contribution in [2.75, 3.05) is 31.3 Å². The summed E-state index contributed by atoms with van der Waals surface area (Å²) in [5, 5.41) is 5.53. The second kappa shape index (κ2) is 8.39. The maximum atomic E-state index is 11.8. The van der Waals surface area contributed by atoms with E-state index in [1.807, 2.05) is 21.0 Å². The fourth-order valence-corrected chi connectivity index (χ4v) is 1.80. The van der Waals surface area contributed by atoms with Gasteiger partial charge in [0, 0.05) is 11.4 Å². The Morgan fingerprint density at radius 1 is 1.14 bits per heavy atom. The Balaban J connectivity index is 2.54. The van der Waals surface area contributed by atoms with Gasteiger partial charge in [-0.05, 0) is 44.8 Å². The van der Waals surface area contributed by atoms with Crippen LogP contribution in [0, 0.1) is 0 Å². The molecule has 0 radical (unpaired) electrons. The minimum absolute atomic E-state index is 0.0817. The van der Waals surface area contributed by atoms with Crippen molar-refractivity contribution in [3.05, 3.63) is 24.3 Å². The molecule has 1 aromatic carbocycles. The van der Waals surface area contributed by atoms with Crippen molar-refractivity contribution in [1.82, 2.24) is 4.90 Å². The van der Waals surface area contributed by atoms with Crippen molar-refractivity contribution < 1.29 is 9.59 Å². The summed E-state index contributed by atoms with van der Waals surface area (Å²) in [5.41, 5.74) is 7.10. The third-order valence-corrected chi connectivity index (χ3v) is 2.83. The first-order chi connectivity index (χ1) is 9.92. The molecular formula is C15H24N4O2. The van der Waals surface area contributed by atoms with E-state index < -0.39 is 6.04 Å². The first-order valence-electron chi connectivity index (χ1n) is 7.03. The molecule has 0 bridgehead atoms. The fourth-order valence-electron chi connectivity index (χ4n) is 1.80. The van der Waals surface area contributed by atoms with Gasteiger partial charge in [0.15, 0.2) is 0 Å². The van der Waals surface area contributed by atoms with E-state index in [4.69, 9.17) is 5.73 Å². The second-order valence-electron chi connectivity index (χ2n) is 5.25. The molecule has 0 fully saturated rings. The highest BCUT2D eigenvalue weighted by Crippen LogP contribution is 2.14. The lowest BCUT2D eigenvalue weighted by molar-refractivity contribution is -0.118. The maximum absolute atomic E-state index is 11.8. The van der Waals surface area contributed by atoms with Crippen molar-refractivity contribution in [3.63, 3.8) is 0 Å². The maximum Gasteiger partial charge on any atom is 0.241 e. The van der Waals surface area contributed by atoms with Gasteiger partial charge in [0.25, 0.3) is 0 Å². The van der Waals surface area contributed by atoms with E-state index in [-0.39, 0.29) is 11.8 Å². The van der Waals surface area contributed by atoms with Crippen LogP contribution in [0.4, 0.5) is 11.4 Å². The van der Waals surface area contributed by atoms with Crippen LogP contribution in [0.5, 0.6) is 0 Å². The standard InChI is InChI=1S/C15H24N4O2/c1-4-5-13(16)15(21)18-12-8-6-11(7-9-12)17-14(20)10-19(2)3/h6-9,13H,4-5,10,16H2,1-3H3,(H,17,20)(H,18,21). The van der Waals surface area contributed by atoms with E-state index in [2.05, 4.69) is 10.6 Å². The lowest BCUT2D eigenvalue weighted by Gasteiger charge is -2.12. The predicted octanol–water partition coefficient (Wildman–Crippen LogP) is 1.25. The molecular weight excluding hydrogens is 268 g/mol. The average molecular weight is 292 g/mol. The van der Waals surface area contributed by atoms with Gasteiger partial charge in [0.1, 0.15) is 0 Å². The number of hydrogen-bond acceptors (Lipinski definition) is 4. The Hall–Kier alpha value is -1.92. The van der Waals surface area contributed by atoms with Crippen molar-refractivity contribution in [1.29, 1.82) is 0 Å². The van der Waals surface area contributed by atoms with Crippen LogP contribution in [0.1, 0.15) is 19.8 Å². The number of rotatable bonds is 7. The number of nitrogens with two attached hydrogens (primary N) is 1. The molecule has 116 valence electrons. The number of benzene rings is 1. The van der Waals surface area contributed by atoms with Gasteiger partial charge in [0.2, 0.25) is 11.8 Å². The second-order valence-corrected chi connectivity index (χ2v) is 5.25. The van der Waals surface area contributed by atoms with E-state index in [1.54, 1.807) is 29.2 Å². The highest BCUT2D eigenvalue weighted by Gasteiger charge is 2.12. The quantitative estimate of drug-likeness (QED) is 0.706. The van der Waals surface area contributed by atoms with Crippen LogP contribution in [0.3, 0.4) is 0 Å². The van der Waals surface area contributed by atoms with Crippen LogP contribution in [0.25, 0.3) is 0 Å². The average Bonchev–Trinajstić information content (AvgIpc) is 2.40. The molecule has 2 amide bonds. The van der Waals surface area contributed by atoms with Crippen LogP contribution in [-0.4, -0.2) is 43.4 Å². The Morgan fingerprint density at radius 2 is 1.67 bits per heavy atom. The van der Waals surface area contributed by atoms with Gasteiger partial charge >= 0.3 is 0 Å². The van der Waals surface area contributed by atoms with Crippen LogP contribution >= 0.6 is 0 Å². The van der Waals surface area contributed by atoms with Gasteiger partial charge in [-0.1, -0.05) is 13.3 Å². The molecule has 1 rings (SSSR count). The van der Waals surface area contributed by atoms with Gasteiger partial charge in [-0.3, -0.25) is 9.59 Å². The van der Waals surface area contributed by atoms with Crippen LogP contribution in [0.2, 0.25) is 0 Å². The van der Waals surface area contributed by atoms with E-state index in [0.29, 0.717) is 24.3 Å². The van der Waals surface area contributed by atoms with Crippen molar-refractivity contribution in [2.24, 2.45) is 5.73 Å². The molecule has 0 heterocycles. The monoisotopic (exact) mass is 292 g/mol. The lowest BCUT2D eigenvalue weighted by Crippen LogP contribution is -2.35. The number of amides is 2. The number of likely N-dealkylation sites (N-methyl/N-ethyl adjacent to an activating group) is 1. The predicted molar refractivity (Wildman–Crippen MR) is 85.1 cm³/mol. The Morgan fingerprint density at radius 3 is 2.14 bits per heavy atom. The molecule has 1 aromatic rings. The zero-order valence-corrected chi connectivity index (χ0v) is 12.8. The van der Waals surface area contributed by atoms with Crippen molar-refractivity contribution in [3.8, 4) is 0 Å². The third-order valence-electron chi connectivity index (χ3n) is 2.83. The Labute approximate surface area is 125 Å². The molecule has 0 aromatic heterocycles. The van der Waals surface area contributed by atoms with Gasteiger partial charge in [-0.15, -0.1) is 0 Å². The highest BCUT2D eigenvalue weighted by molar-refractivity contribution is 5.95. The fraction of sp³-hybridized carbons (Fsp3) is 0.467. The SMILES string of the molecule is CCCC(N)C(=O)Nc1ccc(NC(=O)CN(C)C)cc1. The summed E-state index contributed by atoms with van der Waals surface area (Å²) in [6.45, 7) is 2.31. The first kappa shape index (κ1) is 17.1. The molecule has 0 aliphatic rings. The number of anilines is 2. The molecule has 0 saturated heterocycles. The Kier molecular flexibility index (Phi) is 6.84. The molecule has 0 spiro atoms. The number of carbonyl (C=O) groups excluding carboxylic acids is 2. The van der Waals surface area contributed by atoms with Gasteiger partial charge in [0.05, 0.1) is 12.6 Å². The molecule has 21 heavy (non-hydrogen) atoms. The van der Waals surface area contributed by atoms with Crippen molar-refractivity contribution >= 4 is 23.2 Å². The summed E-state index contributed by atoms with van der Waals surface area (Å²) in [4.78, 5) is 25.2. The summed E-state index contributed by atoms with van der Waals surface area (Å²) in [6.07, 6.45) is 1.52. The van der Waals surface area contributed by atoms with Crippen LogP contribution < -0.4 is 16.4 Å². The zero-order valence-electron chi connectivity index (χ0n) is 12.8. The van der Waals surface area contributed by atoms with Gasteiger partial charge in [-0.25, -0.2) is 0 Å². The normalized spacial score (nSPS) is 12.0. The molecule has 0 aliphatic carbocycles. The van der Waals surface area contributed by atoms with E-state index in [0.717, 1.165) is 6.42 Å². The summed E-state index contributed by atoms with van der Waals surface area (Å²) in [7, 11) is 3.66. The summed E-state index contributed by atoms with van der Waals surface area (Å²) >= 11 is 0. The number of hydrogen-bond donors (Lipinski definition) is 3.